The molecule has 0 aromatic heterocycles. The van der Waals surface area contributed by atoms with E-state index in [0.29, 0.717) is 11.4 Å². The second kappa shape index (κ2) is 6.74. The second-order valence-electron chi connectivity index (χ2n) is 5.70. The molecule has 1 N–H and O–H groups in total. The predicted octanol–water partition coefficient (Wildman–Crippen LogP) is 3.00. The lowest BCUT2D eigenvalue weighted by Gasteiger charge is -2.33. The van der Waals surface area contributed by atoms with Crippen molar-refractivity contribution in [2.45, 2.75) is 26.4 Å². The summed E-state index contributed by atoms with van der Waals surface area (Å²) in [5, 5.41) is 2.92. The Balaban J connectivity index is 1.83. The fourth-order valence-corrected chi connectivity index (χ4v) is 2.83. The van der Waals surface area contributed by atoms with E-state index in [1.165, 1.54) is 6.92 Å². The van der Waals surface area contributed by atoms with Crippen molar-refractivity contribution in [3.05, 3.63) is 54.1 Å². The average Bonchev–Trinajstić information content (AvgIpc) is 2.61. The van der Waals surface area contributed by atoms with Crippen LogP contribution in [-0.2, 0) is 16.0 Å². The Morgan fingerprint density at radius 2 is 1.88 bits per heavy atom. The molecule has 5 nitrogen and oxygen atoms in total. The summed E-state index contributed by atoms with van der Waals surface area (Å²) in [4.78, 5) is 26.1. The smallest absolute Gasteiger partial charge is 0.267 e. The molecule has 0 bridgehead atoms. The Kier molecular flexibility index (Phi) is 4.51. The summed E-state index contributed by atoms with van der Waals surface area (Å²) in [6.07, 6.45) is 0.0819. The highest BCUT2D eigenvalue weighted by atomic mass is 16.5. The molecule has 0 saturated heterocycles. The van der Waals surface area contributed by atoms with Gasteiger partial charge in [-0.2, -0.15) is 0 Å². The van der Waals surface area contributed by atoms with Crippen LogP contribution in [-0.4, -0.2) is 24.5 Å². The van der Waals surface area contributed by atoms with E-state index >= 15 is 0 Å². The molecule has 24 heavy (non-hydrogen) atoms. The van der Waals surface area contributed by atoms with Crippen LogP contribution < -0.4 is 15.0 Å². The summed E-state index contributed by atoms with van der Waals surface area (Å²) in [5.74, 6) is 0.178. The molecule has 0 aliphatic carbocycles. The van der Waals surface area contributed by atoms with Gasteiger partial charge in [0.2, 0.25) is 5.91 Å². The molecule has 124 valence electrons. The Hall–Kier alpha value is -2.82. The van der Waals surface area contributed by atoms with Crippen LogP contribution in [0.2, 0.25) is 0 Å². The van der Waals surface area contributed by atoms with E-state index in [2.05, 4.69) is 5.32 Å². The van der Waals surface area contributed by atoms with Crippen molar-refractivity contribution in [2.75, 3.05) is 16.8 Å². The zero-order chi connectivity index (χ0) is 17.1. The quantitative estimate of drug-likeness (QED) is 0.944. The number of benzene rings is 2. The van der Waals surface area contributed by atoms with Gasteiger partial charge in [-0.15, -0.1) is 0 Å². The highest BCUT2D eigenvalue weighted by molar-refractivity contribution is 5.99. The van der Waals surface area contributed by atoms with Crippen molar-refractivity contribution in [2.24, 2.45) is 0 Å². The van der Waals surface area contributed by atoms with Crippen LogP contribution in [0.15, 0.2) is 48.5 Å². The lowest BCUT2D eigenvalue weighted by atomic mass is 10.1. The molecule has 1 atom stereocenters. The number of carbonyl (C=O) groups is 2. The van der Waals surface area contributed by atoms with Crippen LogP contribution in [0.1, 0.15) is 19.4 Å². The molecule has 0 spiro atoms. The Morgan fingerprint density at radius 3 is 2.62 bits per heavy atom. The number of rotatable bonds is 3. The number of aryl methyl sites for hydroxylation is 1. The molecule has 0 radical (unpaired) electrons. The maximum absolute atomic E-state index is 12.6. The predicted molar refractivity (Wildman–Crippen MR) is 93.3 cm³/mol. The number of hydrogen-bond donors (Lipinski definition) is 1. The van der Waals surface area contributed by atoms with Crippen LogP contribution in [0.4, 0.5) is 11.4 Å². The Morgan fingerprint density at radius 1 is 1.17 bits per heavy atom. The number of amides is 2. The van der Waals surface area contributed by atoms with Crippen molar-refractivity contribution in [3.8, 4) is 5.75 Å². The van der Waals surface area contributed by atoms with E-state index in [0.717, 1.165) is 17.7 Å². The van der Waals surface area contributed by atoms with E-state index in [4.69, 9.17) is 4.74 Å². The molecular formula is C19H20N2O3. The summed E-state index contributed by atoms with van der Waals surface area (Å²) in [5.41, 5.74) is 2.54. The van der Waals surface area contributed by atoms with Gasteiger partial charge in [0.1, 0.15) is 5.75 Å². The molecule has 5 heteroatoms. The number of para-hydroxylation sites is 3. The molecule has 1 heterocycles. The highest BCUT2D eigenvalue weighted by Crippen LogP contribution is 2.33. The summed E-state index contributed by atoms with van der Waals surface area (Å²) >= 11 is 0. The molecule has 2 amide bonds. The van der Waals surface area contributed by atoms with Crippen LogP contribution in [0.3, 0.4) is 0 Å². The largest absolute Gasteiger partial charge is 0.476 e. The third kappa shape index (κ3) is 3.11. The Labute approximate surface area is 141 Å². The first-order valence-corrected chi connectivity index (χ1v) is 8.02. The lowest BCUT2D eigenvalue weighted by molar-refractivity contribution is -0.123. The number of hydrogen-bond acceptors (Lipinski definition) is 3. The first-order chi connectivity index (χ1) is 11.6. The van der Waals surface area contributed by atoms with Crippen molar-refractivity contribution < 1.29 is 14.3 Å². The first-order valence-electron chi connectivity index (χ1n) is 8.02. The van der Waals surface area contributed by atoms with E-state index in [1.807, 2.05) is 49.4 Å². The average molecular weight is 324 g/mol. The molecule has 1 aliphatic rings. The fraction of sp³-hybridized carbons (Fsp3) is 0.263. The summed E-state index contributed by atoms with van der Waals surface area (Å²) in [6.45, 7) is 3.73. The number of anilines is 2. The minimum Gasteiger partial charge on any atom is -0.476 e. The van der Waals surface area contributed by atoms with Crippen LogP contribution in [0.25, 0.3) is 0 Å². The molecule has 0 fully saturated rings. The molecule has 1 aliphatic heterocycles. The van der Waals surface area contributed by atoms with Gasteiger partial charge in [-0.05, 0) is 30.2 Å². The molecule has 3 rings (SSSR count). The van der Waals surface area contributed by atoms with E-state index < -0.39 is 6.10 Å². The number of ether oxygens (including phenoxy) is 1. The number of fused-ring (bicyclic) bond motifs is 1. The second-order valence-corrected chi connectivity index (χ2v) is 5.70. The van der Waals surface area contributed by atoms with Crippen molar-refractivity contribution >= 4 is 23.2 Å². The summed E-state index contributed by atoms with van der Waals surface area (Å²) < 4.78 is 5.81. The fourth-order valence-electron chi connectivity index (χ4n) is 2.83. The SMILES string of the molecule is CCc1ccccc1NC(=O)[C@H]1CN(C(C)=O)c2ccccc2O1. The number of nitrogens with zero attached hydrogens (tertiary/aromatic N) is 1. The molecular weight excluding hydrogens is 304 g/mol. The van der Waals surface area contributed by atoms with Gasteiger partial charge in [0.15, 0.2) is 6.10 Å². The minimum absolute atomic E-state index is 0.113. The van der Waals surface area contributed by atoms with Crippen LogP contribution >= 0.6 is 0 Å². The van der Waals surface area contributed by atoms with Gasteiger partial charge in [-0.25, -0.2) is 0 Å². The van der Waals surface area contributed by atoms with Crippen molar-refractivity contribution in [1.82, 2.24) is 0 Å². The van der Waals surface area contributed by atoms with Gasteiger partial charge in [-0.1, -0.05) is 37.3 Å². The molecule has 2 aromatic rings. The van der Waals surface area contributed by atoms with Gasteiger partial charge < -0.3 is 15.0 Å². The van der Waals surface area contributed by atoms with Crippen molar-refractivity contribution in [3.63, 3.8) is 0 Å². The first kappa shape index (κ1) is 16.1. The van der Waals surface area contributed by atoms with Gasteiger partial charge in [0.25, 0.3) is 5.91 Å². The van der Waals surface area contributed by atoms with Gasteiger partial charge in [0.05, 0.1) is 12.2 Å². The van der Waals surface area contributed by atoms with Gasteiger partial charge in [0, 0.05) is 12.6 Å². The van der Waals surface area contributed by atoms with Crippen LogP contribution in [0.5, 0.6) is 5.75 Å². The molecule has 2 aromatic carbocycles. The maximum atomic E-state index is 12.6. The van der Waals surface area contributed by atoms with Crippen LogP contribution in [0, 0.1) is 0 Å². The normalized spacial score (nSPS) is 16.1. The third-order valence-electron chi connectivity index (χ3n) is 4.10. The highest BCUT2D eigenvalue weighted by Gasteiger charge is 2.32. The maximum Gasteiger partial charge on any atom is 0.267 e. The number of nitrogens with one attached hydrogen (secondary N) is 1. The monoisotopic (exact) mass is 324 g/mol. The van der Waals surface area contributed by atoms with E-state index in [9.17, 15) is 9.59 Å². The Bertz CT molecular complexity index is 773. The number of carbonyl (C=O) groups excluding carboxylic acids is 2. The molecule has 0 saturated carbocycles. The van der Waals surface area contributed by atoms with Gasteiger partial charge in [-0.3, -0.25) is 9.59 Å². The molecule has 0 unspecified atom stereocenters. The minimum atomic E-state index is -0.742. The zero-order valence-electron chi connectivity index (χ0n) is 13.8. The summed E-state index contributed by atoms with van der Waals surface area (Å²) in [6, 6.07) is 14.9. The topological polar surface area (TPSA) is 58.6 Å². The van der Waals surface area contributed by atoms with Gasteiger partial charge >= 0.3 is 0 Å². The van der Waals surface area contributed by atoms with E-state index in [-0.39, 0.29) is 18.4 Å². The standard InChI is InChI=1S/C19H20N2O3/c1-3-14-8-4-5-9-15(14)20-19(23)18-12-21(13(2)22)16-10-6-7-11-17(16)24-18/h4-11,18H,3,12H2,1-2H3,(H,20,23)/t18-/m1/s1. The van der Waals surface area contributed by atoms with E-state index in [1.54, 1.807) is 11.0 Å². The lowest BCUT2D eigenvalue weighted by Crippen LogP contribution is -2.48. The summed E-state index contributed by atoms with van der Waals surface area (Å²) in [7, 11) is 0. The third-order valence-corrected chi connectivity index (χ3v) is 4.10. The van der Waals surface area contributed by atoms with Crippen molar-refractivity contribution in [1.29, 1.82) is 0 Å². The zero-order valence-corrected chi connectivity index (χ0v) is 13.8.